The van der Waals surface area contributed by atoms with E-state index in [1.54, 1.807) is 17.0 Å². The number of ether oxygens (including phenoxy) is 1. The summed E-state index contributed by atoms with van der Waals surface area (Å²) in [6.07, 6.45) is 1.21. The Balaban J connectivity index is 1.33. The number of aromatic nitrogens is 2. The molecule has 4 rings (SSSR count). The summed E-state index contributed by atoms with van der Waals surface area (Å²) in [7, 11) is 0. The third-order valence-electron chi connectivity index (χ3n) is 5.06. The van der Waals surface area contributed by atoms with Gasteiger partial charge in [0, 0.05) is 32.7 Å². The van der Waals surface area contributed by atoms with Crippen LogP contribution in [0.2, 0.25) is 5.02 Å². The Morgan fingerprint density at radius 2 is 1.78 bits per heavy atom. The summed E-state index contributed by atoms with van der Waals surface area (Å²) in [5.74, 6) is -0.383. The first kappa shape index (κ1) is 21.8. The number of halogens is 2. The molecule has 166 valence electrons. The van der Waals surface area contributed by atoms with E-state index in [1.165, 1.54) is 18.3 Å². The molecule has 0 spiro atoms. The van der Waals surface area contributed by atoms with Gasteiger partial charge in [-0.15, -0.1) is 0 Å². The molecule has 3 aromatic rings. The average molecular weight is 459 g/mol. The summed E-state index contributed by atoms with van der Waals surface area (Å²) in [4.78, 5) is 27.5. The van der Waals surface area contributed by atoms with Gasteiger partial charge in [0.05, 0.1) is 11.2 Å². The lowest BCUT2D eigenvalue weighted by molar-refractivity contribution is 0.0690. The van der Waals surface area contributed by atoms with Gasteiger partial charge in [0.15, 0.2) is 5.69 Å². The number of piperazine rings is 1. The van der Waals surface area contributed by atoms with Gasteiger partial charge < -0.3 is 14.7 Å². The van der Waals surface area contributed by atoms with Gasteiger partial charge in [-0.05, 0) is 42.0 Å². The van der Waals surface area contributed by atoms with E-state index in [1.807, 2.05) is 24.3 Å². The molecule has 32 heavy (non-hydrogen) atoms. The van der Waals surface area contributed by atoms with Crippen molar-refractivity contribution in [1.82, 2.24) is 19.6 Å². The maximum atomic E-state index is 13.1. The van der Waals surface area contributed by atoms with Crippen molar-refractivity contribution in [3.05, 3.63) is 76.8 Å². The molecule has 1 aromatic heterocycles. The quantitative estimate of drug-likeness (QED) is 0.622. The SMILES string of the molecule is O=C(O)c1nn(C(=O)N2CCN(Cc3cccc(Oc4ccc(F)cc4)c3)CC2)cc1Cl. The second-order valence-corrected chi connectivity index (χ2v) is 7.73. The Bertz CT molecular complexity index is 1130. The smallest absolute Gasteiger partial charge is 0.357 e. The van der Waals surface area contributed by atoms with Crippen LogP contribution in [0.15, 0.2) is 54.7 Å². The minimum absolute atomic E-state index is 0.0766. The number of nitrogens with zero attached hydrogens (tertiary/aromatic N) is 4. The summed E-state index contributed by atoms with van der Waals surface area (Å²) in [6, 6.07) is 13.1. The van der Waals surface area contributed by atoms with Crippen LogP contribution in [0.3, 0.4) is 0 Å². The fraction of sp³-hybridized carbons (Fsp3) is 0.227. The van der Waals surface area contributed by atoms with Gasteiger partial charge in [0.25, 0.3) is 0 Å². The molecule has 1 amide bonds. The van der Waals surface area contributed by atoms with Gasteiger partial charge in [-0.2, -0.15) is 9.78 Å². The third kappa shape index (κ3) is 5.06. The summed E-state index contributed by atoms with van der Waals surface area (Å²) < 4.78 is 19.8. The molecule has 0 atom stereocenters. The Kier molecular flexibility index (Phi) is 6.38. The number of benzene rings is 2. The van der Waals surface area contributed by atoms with Gasteiger partial charge in [-0.3, -0.25) is 4.90 Å². The van der Waals surface area contributed by atoms with Crippen molar-refractivity contribution < 1.29 is 23.8 Å². The summed E-state index contributed by atoms with van der Waals surface area (Å²) >= 11 is 5.84. The highest BCUT2D eigenvalue weighted by molar-refractivity contribution is 6.33. The van der Waals surface area contributed by atoms with Crippen LogP contribution >= 0.6 is 11.6 Å². The number of amides is 1. The fourth-order valence-electron chi connectivity index (χ4n) is 3.44. The molecular formula is C22H20ClFN4O4. The van der Waals surface area contributed by atoms with E-state index in [0.29, 0.717) is 44.2 Å². The number of carboxylic acids is 1. The van der Waals surface area contributed by atoms with E-state index >= 15 is 0 Å². The number of rotatable bonds is 5. The zero-order chi connectivity index (χ0) is 22.7. The van der Waals surface area contributed by atoms with Crippen LogP contribution in [0.1, 0.15) is 16.1 Å². The topological polar surface area (TPSA) is 87.9 Å². The highest BCUT2D eigenvalue weighted by atomic mass is 35.5. The lowest BCUT2D eigenvalue weighted by Crippen LogP contribution is -2.49. The highest BCUT2D eigenvalue weighted by Crippen LogP contribution is 2.23. The second kappa shape index (κ2) is 9.37. The van der Waals surface area contributed by atoms with Crippen molar-refractivity contribution in [3.63, 3.8) is 0 Å². The van der Waals surface area contributed by atoms with Crippen LogP contribution in [0.4, 0.5) is 9.18 Å². The summed E-state index contributed by atoms with van der Waals surface area (Å²) in [5.41, 5.74) is 0.704. The third-order valence-corrected chi connectivity index (χ3v) is 5.34. The van der Waals surface area contributed by atoms with Gasteiger partial charge in [-0.1, -0.05) is 23.7 Å². The van der Waals surface area contributed by atoms with Crippen molar-refractivity contribution in [2.24, 2.45) is 0 Å². The molecule has 0 aliphatic carbocycles. The maximum absolute atomic E-state index is 13.1. The minimum atomic E-state index is -1.28. The number of carbonyl (C=O) groups excluding carboxylic acids is 1. The van der Waals surface area contributed by atoms with Crippen molar-refractivity contribution in [3.8, 4) is 11.5 Å². The standard InChI is InChI=1S/C22H20ClFN4O4/c23-19-14-28(25-20(19)21(29)30)22(31)27-10-8-26(9-11-27)13-15-2-1-3-18(12-15)32-17-6-4-16(24)5-7-17/h1-7,12,14H,8-11,13H2,(H,29,30). The van der Waals surface area contributed by atoms with Crippen LogP contribution in [0.25, 0.3) is 0 Å². The molecule has 8 nitrogen and oxygen atoms in total. The number of carboxylic acid groups (broad SMARTS) is 1. The first-order valence-electron chi connectivity index (χ1n) is 9.91. The van der Waals surface area contributed by atoms with Crippen molar-refractivity contribution >= 4 is 23.6 Å². The van der Waals surface area contributed by atoms with E-state index in [4.69, 9.17) is 21.4 Å². The van der Waals surface area contributed by atoms with Gasteiger partial charge in [-0.25, -0.2) is 14.0 Å². The first-order chi connectivity index (χ1) is 15.4. The number of carbonyl (C=O) groups is 2. The fourth-order valence-corrected chi connectivity index (χ4v) is 3.65. The average Bonchev–Trinajstić information content (AvgIpc) is 3.18. The molecule has 1 N–H and O–H groups in total. The highest BCUT2D eigenvalue weighted by Gasteiger charge is 2.25. The zero-order valence-corrected chi connectivity index (χ0v) is 17.7. The predicted molar refractivity (Wildman–Crippen MR) is 115 cm³/mol. The molecule has 2 heterocycles. The first-order valence-corrected chi connectivity index (χ1v) is 10.3. The van der Waals surface area contributed by atoms with Crippen molar-refractivity contribution in [1.29, 1.82) is 0 Å². The summed E-state index contributed by atoms with van der Waals surface area (Å²) in [6.45, 7) is 2.93. The normalized spacial score (nSPS) is 14.4. The molecule has 1 saturated heterocycles. The van der Waals surface area contributed by atoms with E-state index in [0.717, 1.165) is 10.2 Å². The number of hydrogen-bond donors (Lipinski definition) is 1. The van der Waals surface area contributed by atoms with Crippen LogP contribution in [-0.2, 0) is 6.54 Å². The molecular weight excluding hydrogens is 439 g/mol. The predicted octanol–water partition coefficient (Wildman–Crippen LogP) is 3.95. The molecule has 0 bridgehead atoms. The Morgan fingerprint density at radius 3 is 2.44 bits per heavy atom. The molecule has 1 aliphatic heterocycles. The Hall–Kier alpha value is -3.43. The van der Waals surface area contributed by atoms with Crippen molar-refractivity contribution in [2.45, 2.75) is 6.54 Å². The van der Waals surface area contributed by atoms with Gasteiger partial charge in [0.1, 0.15) is 17.3 Å². The van der Waals surface area contributed by atoms with E-state index in [2.05, 4.69) is 10.00 Å². The molecule has 1 fully saturated rings. The molecule has 0 unspecified atom stereocenters. The van der Waals surface area contributed by atoms with Crippen LogP contribution in [0.5, 0.6) is 11.5 Å². The molecule has 0 saturated carbocycles. The molecule has 10 heteroatoms. The maximum Gasteiger partial charge on any atom is 0.357 e. The van der Waals surface area contributed by atoms with E-state index < -0.39 is 12.0 Å². The van der Waals surface area contributed by atoms with Gasteiger partial charge >= 0.3 is 12.0 Å². The van der Waals surface area contributed by atoms with Crippen molar-refractivity contribution in [2.75, 3.05) is 26.2 Å². The Labute approximate surface area is 188 Å². The van der Waals surface area contributed by atoms with Crippen LogP contribution < -0.4 is 4.74 Å². The minimum Gasteiger partial charge on any atom is -0.476 e. The van der Waals surface area contributed by atoms with E-state index in [-0.39, 0.29) is 16.5 Å². The summed E-state index contributed by atoms with van der Waals surface area (Å²) in [5, 5.41) is 12.7. The largest absolute Gasteiger partial charge is 0.476 e. The lowest BCUT2D eigenvalue weighted by atomic mass is 10.2. The zero-order valence-electron chi connectivity index (χ0n) is 16.9. The monoisotopic (exact) mass is 458 g/mol. The molecule has 1 aliphatic rings. The van der Waals surface area contributed by atoms with Crippen LogP contribution in [-0.4, -0.2) is 62.9 Å². The second-order valence-electron chi connectivity index (χ2n) is 7.32. The molecule has 0 radical (unpaired) electrons. The van der Waals surface area contributed by atoms with Gasteiger partial charge in [0.2, 0.25) is 0 Å². The van der Waals surface area contributed by atoms with Crippen LogP contribution in [0, 0.1) is 5.82 Å². The Morgan fingerprint density at radius 1 is 1.06 bits per heavy atom. The molecule has 2 aromatic carbocycles. The van der Waals surface area contributed by atoms with E-state index in [9.17, 15) is 14.0 Å². The number of aromatic carboxylic acids is 1. The lowest BCUT2D eigenvalue weighted by Gasteiger charge is -2.34. The number of hydrogen-bond acceptors (Lipinski definition) is 5.